The van der Waals surface area contributed by atoms with E-state index in [1.807, 2.05) is 19.9 Å². The molecular weight excluding hydrogens is 452 g/mol. The van der Waals surface area contributed by atoms with Gasteiger partial charge >= 0.3 is 6.18 Å². The molecule has 180 valence electrons. The SMILES string of the molecule is Cc1ccc(-n2nccn2)c(C(=O)N2CCC[C@@H](C)[C@H]2CNc2ncc(C(F)(F)F)cc2F)c1. The monoisotopic (exact) mass is 476 g/mol. The molecular formula is C23H24F4N6O. The number of aromatic nitrogens is 4. The fourth-order valence-electron chi connectivity index (χ4n) is 4.23. The van der Waals surface area contributed by atoms with Crippen LogP contribution in [0.1, 0.15) is 41.3 Å². The number of aryl methyl sites for hydroxylation is 1. The first-order valence-electron chi connectivity index (χ1n) is 10.9. The van der Waals surface area contributed by atoms with Gasteiger partial charge in [-0.2, -0.15) is 28.2 Å². The molecule has 0 unspecified atom stereocenters. The number of halogens is 4. The molecule has 1 saturated heterocycles. The molecule has 0 saturated carbocycles. The maximum absolute atomic E-state index is 14.3. The minimum atomic E-state index is -4.68. The van der Waals surface area contributed by atoms with Gasteiger partial charge in [0.15, 0.2) is 11.6 Å². The number of piperidine rings is 1. The third-order valence-corrected chi connectivity index (χ3v) is 6.04. The number of likely N-dealkylation sites (tertiary alicyclic amines) is 1. The van der Waals surface area contributed by atoms with E-state index in [0.29, 0.717) is 30.1 Å². The van der Waals surface area contributed by atoms with E-state index in [1.54, 1.807) is 17.0 Å². The number of hydrogen-bond donors (Lipinski definition) is 1. The Balaban J connectivity index is 1.58. The minimum Gasteiger partial charge on any atom is -0.366 e. The summed E-state index contributed by atoms with van der Waals surface area (Å²) < 4.78 is 52.7. The van der Waals surface area contributed by atoms with Crippen LogP contribution in [0, 0.1) is 18.7 Å². The molecule has 1 aliphatic heterocycles. The van der Waals surface area contributed by atoms with Gasteiger partial charge in [0.2, 0.25) is 0 Å². The Morgan fingerprint density at radius 1 is 1.21 bits per heavy atom. The van der Waals surface area contributed by atoms with Crippen LogP contribution in [0.3, 0.4) is 0 Å². The first-order chi connectivity index (χ1) is 16.1. The maximum atomic E-state index is 14.3. The van der Waals surface area contributed by atoms with E-state index in [1.165, 1.54) is 17.2 Å². The summed E-state index contributed by atoms with van der Waals surface area (Å²) in [4.78, 5) is 20.4. The summed E-state index contributed by atoms with van der Waals surface area (Å²) in [5.41, 5.74) is 0.725. The van der Waals surface area contributed by atoms with Gasteiger partial charge in [-0.1, -0.05) is 18.6 Å². The van der Waals surface area contributed by atoms with Crippen molar-refractivity contribution in [3.05, 3.63) is 65.4 Å². The van der Waals surface area contributed by atoms with Gasteiger partial charge in [0.25, 0.3) is 5.91 Å². The highest BCUT2D eigenvalue weighted by Gasteiger charge is 2.35. The third kappa shape index (κ3) is 4.87. The van der Waals surface area contributed by atoms with Crippen molar-refractivity contribution in [3.63, 3.8) is 0 Å². The summed E-state index contributed by atoms with van der Waals surface area (Å²) in [5.74, 6) is -1.51. The molecule has 0 radical (unpaired) electrons. The van der Waals surface area contributed by atoms with Crippen molar-refractivity contribution in [2.24, 2.45) is 5.92 Å². The summed E-state index contributed by atoms with van der Waals surface area (Å²) >= 11 is 0. The van der Waals surface area contributed by atoms with Gasteiger partial charge in [-0.15, -0.1) is 0 Å². The second kappa shape index (κ2) is 9.40. The molecule has 11 heteroatoms. The molecule has 1 fully saturated rings. The second-order valence-corrected chi connectivity index (χ2v) is 8.46. The number of carbonyl (C=O) groups is 1. The lowest BCUT2D eigenvalue weighted by Crippen LogP contribution is -2.51. The van der Waals surface area contributed by atoms with Gasteiger partial charge in [-0.25, -0.2) is 9.37 Å². The Morgan fingerprint density at radius 3 is 2.62 bits per heavy atom. The number of hydrogen-bond acceptors (Lipinski definition) is 5. The van der Waals surface area contributed by atoms with Crippen LogP contribution in [0.15, 0.2) is 42.9 Å². The van der Waals surface area contributed by atoms with Crippen molar-refractivity contribution >= 4 is 11.7 Å². The van der Waals surface area contributed by atoms with Crippen LogP contribution in [0.25, 0.3) is 5.69 Å². The van der Waals surface area contributed by atoms with Crippen molar-refractivity contribution in [2.45, 2.75) is 38.9 Å². The van der Waals surface area contributed by atoms with Crippen LogP contribution in [0.4, 0.5) is 23.4 Å². The number of anilines is 1. The van der Waals surface area contributed by atoms with E-state index >= 15 is 0 Å². The molecule has 2 aromatic heterocycles. The molecule has 0 bridgehead atoms. The Labute approximate surface area is 193 Å². The highest BCUT2D eigenvalue weighted by Crippen LogP contribution is 2.31. The smallest absolute Gasteiger partial charge is 0.366 e. The first kappa shape index (κ1) is 23.7. The molecule has 1 aliphatic rings. The van der Waals surface area contributed by atoms with Crippen LogP contribution in [0.5, 0.6) is 0 Å². The molecule has 7 nitrogen and oxygen atoms in total. The zero-order chi connectivity index (χ0) is 24.5. The molecule has 1 aromatic carbocycles. The van der Waals surface area contributed by atoms with Crippen LogP contribution in [-0.4, -0.2) is 49.9 Å². The molecule has 3 aromatic rings. The van der Waals surface area contributed by atoms with Gasteiger partial charge in [0.05, 0.1) is 35.2 Å². The maximum Gasteiger partial charge on any atom is 0.417 e. The molecule has 1 amide bonds. The van der Waals surface area contributed by atoms with Crippen molar-refractivity contribution < 1.29 is 22.4 Å². The Morgan fingerprint density at radius 2 is 1.94 bits per heavy atom. The molecule has 34 heavy (non-hydrogen) atoms. The van der Waals surface area contributed by atoms with Crippen molar-refractivity contribution in [1.29, 1.82) is 0 Å². The largest absolute Gasteiger partial charge is 0.417 e. The van der Waals surface area contributed by atoms with E-state index < -0.39 is 17.6 Å². The molecule has 1 N–H and O–H groups in total. The van der Waals surface area contributed by atoms with Crippen molar-refractivity contribution in [3.8, 4) is 5.69 Å². The zero-order valence-corrected chi connectivity index (χ0v) is 18.7. The van der Waals surface area contributed by atoms with E-state index in [0.717, 1.165) is 18.4 Å². The Bertz CT molecular complexity index is 1160. The summed E-state index contributed by atoms with van der Waals surface area (Å²) in [6, 6.07) is 5.53. The summed E-state index contributed by atoms with van der Waals surface area (Å²) in [7, 11) is 0. The number of rotatable bonds is 5. The fourth-order valence-corrected chi connectivity index (χ4v) is 4.23. The number of carbonyl (C=O) groups excluding carboxylic acids is 1. The Hall–Kier alpha value is -3.50. The number of nitrogens with one attached hydrogen (secondary N) is 1. The summed E-state index contributed by atoms with van der Waals surface area (Å²) in [5, 5.41) is 11.1. The van der Waals surface area contributed by atoms with Gasteiger partial charge in [-0.3, -0.25) is 4.79 Å². The first-order valence-corrected chi connectivity index (χ1v) is 10.9. The quantitative estimate of drug-likeness (QED) is 0.550. The van der Waals surface area contributed by atoms with Crippen molar-refractivity contribution in [2.75, 3.05) is 18.4 Å². The van der Waals surface area contributed by atoms with Crippen molar-refractivity contribution in [1.82, 2.24) is 24.9 Å². The van der Waals surface area contributed by atoms with Crippen LogP contribution in [-0.2, 0) is 6.18 Å². The highest BCUT2D eigenvalue weighted by atomic mass is 19.4. The molecule has 3 heterocycles. The lowest BCUT2D eigenvalue weighted by molar-refractivity contribution is -0.138. The van der Waals surface area contributed by atoms with E-state index in [2.05, 4.69) is 20.5 Å². The van der Waals surface area contributed by atoms with E-state index in [4.69, 9.17) is 0 Å². The van der Waals surface area contributed by atoms with Crippen LogP contribution < -0.4 is 5.32 Å². The summed E-state index contributed by atoms with van der Waals surface area (Å²) in [6.07, 6.45) is 0.625. The number of pyridine rings is 1. The number of nitrogens with zero attached hydrogens (tertiary/aromatic N) is 5. The fraction of sp³-hybridized carbons (Fsp3) is 0.391. The lowest BCUT2D eigenvalue weighted by Gasteiger charge is -2.40. The molecule has 0 spiro atoms. The highest BCUT2D eigenvalue weighted by molar-refractivity contribution is 5.98. The standard InChI is InChI=1S/C23H24F4N6O/c1-14-5-6-19(33-30-7-8-31-33)17(10-14)22(34)32-9-3-4-15(2)20(32)13-29-21-18(24)11-16(12-28-21)23(25,26)27/h5-8,10-12,15,20H,3-4,9,13H2,1-2H3,(H,28,29)/t15-,20-/m1/s1. The minimum absolute atomic E-state index is 0.0822. The normalized spacial score (nSPS) is 18.7. The third-order valence-electron chi connectivity index (χ3n) is 6.04. The van der Waals surface area contributed by atoms with Crippen LogP contribution in [0.2, 0.25) is 0 Å². The average molecular weight is 476 g/mol. The predicted molar refractivity (Wildman–Crippen MR) is 117 cm³/mol. The summed E-state index contributed by atoms with van der Waals surface area (Å²) in [6.45, 7) is 4.52. The van der Waals surface area contributed by atoms with E-state index in [9.17, 15) is 22.4 Å². The molecule has 0 aliphatic carbocycles. The predicted octanol–water partition coefficient (Wildman–Crippen LogP) is 4.48. The van der Waals surface area contributed by atoms with Gasteiger partial charge in [0, 0.05) is 19.3 Å². The number of amides is 1. The second-order valence-electron chi connectivity index (χ2n) is 8.46. The number of alkyl halides is 3. The zero-order valence-electron chi connectivity index (χ0n) is 18.7. The van der Waals surface area contributed by atoms with E-state index in [-0.39, 0.29) is 30.2 Å². The average Bonchev–Trinajstić information content (AvgIpc) is 3.32. The van der Waals surface area contributed by atoms with Crippen LogP contribution >= 0.6 is 0 Å². The number of benzene rings is 1. The molecule has 4 rings (SSSR count). The van der Waals surface area contributed by atoms with Gasteiger partial charge in [0.1, 0.15) is 0 Å². The van der Waals surface area contributed by atoms with Gasteiger partial charge < -0.3 is 10.2 Å². The van der Waals surface area contributed by atoms with Gasteiger partial charge in [-0.05, 0) is 43.9 Å². The molecule has 2 atom stereocenters. The Kier molecular flexibility index (Phi) is 6.54. The lowest BCUT2D eigenvalue weighted by atomic mass is 9.89. The topological polar surface area (TPSA) is 75.9 Å².